The molecule has 1 atom stereocenters. The summed E-state index contributed by atoms with van der Waals surface area (Å²) >= 11 is 0. The van der Waals surface area contributed by atoms with Gasteiger partial charge in [-0.25, -0.2) is 0 Å². The molecule has 1 aliphatic rings. The molecular formula is C15H22N2O2. The molecular weight excluding hydrogens is 240 g/mol. The molecule has 2 N–H and O–H groups in total. The fourth-order valence-corrected chi connectivity index (χ4v) is 2.40. The Morgan fingerprint density at radius 2 is 2.16 bits per heavy atom. The quantitative estimate of drug-likeness (QED) is 0.871. The van der Waals surface area contributed by atoms with Crippen LogP contribution < -0.4 is 10.5 Å². The fourth-order valence-electron chi connectivity index (χ4n) is 2.40. The predicted octanol–water partition coefficient (Wildman–Crippen LogP) is 1.36. The van der Waals surface area contributed by atoms with Crippen LogP contribution in [0.25, 0.3) is 0 Å². The maximum Gasteiger partial charge on any atom is 0.239 e. The van der Waals surface area contributed by atoms with Crippen LogP contribution in [0.15, 0.2) is 18.2 Å². The molecule has 1 aliphatic carbocycles. The number of carbonyl (C=O) groups is 1. The summed E-state index contributed by atoms with van der Waals surface area (Å²) in [5, 5.41) is 0. The van der Waals surface area contributed by atoms with E-state index in [2.05, 4.69) is 12.1 Å². The average Bonchev–Trinajstić information content (AvgIpc) is 2.84. The third-order valence-corrected chi connectivity index (χ3v) is 3.53. The predicted molar refractivity (Wildman–Crippen MR) is 75.2 cm³/mol. The Labute approximate surface area is 114 Å². The molecule has 0 heterocycles. The summed E-state index contributed by atoms with van der Waals surface area (Å²) in [5.41, 5.74) is 8.39. The zero-order valence-corrected chi connectivity index (χ0v) is 11.7. The van der Waals surface area contributed by atoms with Crippen molar-refractivity contribution < 1.29 is 9.53 Å². The lowest BCUT2D eigenvalue weighted by Gasteiger charge is -2.19. The van der Waals surface area contributed by atoms with Gasteiger partial charge in [0.15, 0.2) is 0 Å². The van der Waals surface area contributed by atoms with Crippen molar-refractivity contribution in [3.05, 3.63) is 29.3 Å². The number of carbonyl (C=O) groups excluding carboxylic acids is 1. The Morgan fingerprint density at radius 1 is 1.42 bits per heavy atom. The van der Waals surface area contributed by atoms with Crippen molar-refractivity contribution in [2.75, 3.05) is 20.2 Å². The Kier molecular flexibility index (Phi) is 4.43. The van der Waals surface area contributed by atoms with Gasteiger partial charge in [0.25, 0.3) is 0 Å². The minimum Gasteiger partial charge on any atom is -0.492 e. The van der Waals surface area contributed by atoms with Crippen LogP contribution in [0.5, 0.6) is 5.75 Å². The SMILES string of the molecule is CC(N)C(=O)N(C)CCOc1ccc2c(c1)CCC2. The van der Waals surface area contributed by atoms with Crippen LogP contribution in [0.2, 0.25) is 0 Å². The van der Waals surface area contributed by atoms with Gasteiger partial charge in [-0.15, -0.1) is 0 Å². The molecule has 0 spiro atoms. The minimum absolute atomic E-state index is 0.0578. The molecule has 0 radical (unpaired) electrons. The van der Waals surface area contributed by atoms with Gasteiger partial charge in [0, 0.05) is 7.05 Å². The zero-order valence-electron chi connectivity index (χ0n) is 11.7. The second-order valence-electron chi connectivity index (χ2n) is 5.18. The highest BCUT2D eigenvalue weighted by Crippen LogP contribution is 2.25. The molecule has 1 aromatic carbocycles. The lowest BCUT2D eigenvalue weighted by molar-refractivity contribution is -0.131. The van der Waals surface area contributed by atoms with Gasteiger partial charge in [0.2, 0.25) is 5.91 Å². The van der Waals surface area contributed by atoms with Crippen LogP contribution in [0.1, 0.15) is 24.5 Å². The zero-order chi connectivity index (χ0) is 13.8. The van der Waals surface area contributed by atoms with E-state index in [1.807, 2.05) is 6.07 Å². The topological polar surface area (TPSA) is 55.6 Å². The Hall–Kier alpha value is -1.55. The number of ether oxygens (including phenoxy) is 1. The first-order valence-corrected chi connectivity index (χ1v) is 6.83. The number of rotatable bonds is 5. The van der Waals surface area contributed by atoms with E-state index in [9.17, 15) is 4.79 Å². The number of hydrogen-bond acceptors (Lipinski definition) is 3. The molecule has 0 bridgehead atoms. The summed E-state index contributed by atoms with van der Waals surface area (Å²) in [6.07, 6.45) is 3.57. The molecule has 0 saturated carbocycles. The van der Waals surface area contributed by atoms with Crippen LogP contribution in [-0.2, 0) is 17.6 Å². The average molecular weight is 262 g/mol. The van der Waals surface area contributed by atoms with E-state index in [1.54, 1.807) is 18.9 Å². The van der Waals surface area contributed by atoms with Crippen molar-refractivity contribution in [1.82, 2.24) is 4.90 Å². The smallest absolute Gasteiger partial charge is 0.239 e. The lowest BCUT2D eigenvalue weighted by Crippen LogP contribution is -2.41. The highest BCUT2D eigenvalue weighted by atomic mass is 16.5. The van der Waals surface area contributed by atoms with E-state index in [0.29, 0.717) is 13.2 Å². The molecule has 1 unspecified atom stereocenters. The van der Waals surface area contributed by atoms with Gasteiger partial charge < -0.3 is 15.4 Å². The number of benzene rings is 1. The maximum absolute atomic E-state index is 11.6. The van der Waals surface area contributed by atoms with Gasteiger partial charge in [0.1, 0.15) is 12.4 Å². The molecule has 0 fully saturated rings. The van der Waals surface area contributed by atoms with Crippen LogP contribution in [-0.4, -0.2) is 37.0 Å². The number of aryl methyl sites for hydroxylation is 2. The van der Waals surface area contributed by atoms with Gasteiger partial charge >= 0.3 is 0 Å². The summed E-state index contributed by atoms with van der Waals surface area (Å²) in [5.74, 6) is 0.833. The standard InChI is InChI=1S/C15H22N2O2/c1-11(16)15(18)17(2)8-9-19-14-7-6-12-4-3-5-13(12)10-14/h6-7,10-11H,3-5,8-9,16H2,1-2H3. The van der Waals surface area contributed by atoms with Crippen molar-refractivity contribution in [3.63, 3.8) is 0 Å². The Bertz CT molecular complexity index is 457. The first-order valence-electron chi connectivity index (χ1n) is 6.83. The van der Waals surface area contributed by atoms with Gasteiger partial charge in [-0.2, -0.15) is 0 Å². The number of nitrogens with two attached hydrogens (primary N) is 1. The molecule has 0 aliphatic heterocycles. The van der Waals surface area contributed by atoms with Crippen LogP contribution >= 0.6 is 0 Å². The van der Waals surface area contributed by atoms with Crippen LogP contribution in [0, 0.1) is 0 Å². The monoisotopic (exact) mass is 262 g/mol. The van der Waals surface area contributed by atoms with Crippen LogP contribution in [0.4, 0.5) is 0 Å². The third kappa shape index (κ3) is 3.47. The highest BCUT2D eigenvalue weighted by Gasteiger charge is 2.14. The Morgan fingerprint density at radius 3 is 2.89 bits per heavy atom. The highest BCUT2D eigenvalue weighted by molar-refractivity contribution is 5.80. The summed E-state index contributed by atoms with van der Waals surface area (Å²) in [6, 6.07) is 5.83. The summed E-state index contributed by atoms with van der Waals surface area (Å²) in [6.45, 7) is 2.74. The molecule has 19 heavy (non-hydrogen) atoms. The van der Waals surface area contributed by atoms with E-state index < -0.39 is 6.04 Å². The largest absolute Gasteiger partial charge is 0.492 e. The van der Waals surface area contributed by atoms with E-state index in [4.69, 9.17) is 10.5 Å². The second-order valence-corrected chi connectivity index (χ2v) is 5.18. The molecule has 104 valence electrons. The van der Waals surface area contributed by atoms with Gasteiger partial charge in [-0.3, -0.25) is 4.79 Å². The molecule has 0 saturated heterocycles. The molecule has 4 nitrogen and oxygen atoms in total. The number of amides is 1. The number of nitrogens with zero attached hydrogens (tertiary/aromatic N) is 1. The fraction of sp³-hybridized carbons (Fsp3) is 0.533. The first-order chi connectivity index (χ1) is 9.08. The van der Waals surface area contributed by atoms with Crippen LogP contribution in [0.3, 0.4) is 0 Å². The number of hydrogen-bond donors (Lipinski definition) is 1. The molecule has 1 aromatic rings. The van der Waals surface area contributed by atoms with E-state index in [1.165, 1.54) is 24.0 Å². The van der Waals surface area contributed by atoms with Crippen molar-refractivity contribution in [3.8, 4) is 5.75 Å². The number of likely N-dealkylation sites (N-methyl/N-ethyl adjacent to an activating group) is 1. The summed E-state index contributed by atoms with van der Waals surface area (Å²) < 4.78 is 5.70. The normalized spacial score (nSPS) is 14.9. The third-order valence-electron chi connectivity index (χ3n) is 3.53. The first kappa shape index (κ1) is 13.9. The van der Waals surface area contributed by atoms with Gasteiger partial charge in [-0.05, 0) is 49.4 Å². The van der Waals surface area contributed by atoms with Gasteiger partial charge in [-0.1, -0.05) is 6.07 Å². The number of fused-ring (bicyclic) bond motifs is 1. The molecule has 4 heteroatoms. The Balaban J connectivity index is 1.81. The van der Waals surface area contributed by atoms with Gasteiger partial charge in [0.05, 0.1) is 12.6 Å². The van der Waals surface area contributed by atoms with E-state index >= 15 is 0 Å². The molecule has 2 rings (SSSR count). The summed E-state index contributed by atoms with van der Waals surface area (Å²) in [4.78, 5) is 13.2. The van der Waals surface area contributed by atoms with Crippen molar-refractivity contribution >= 4 is 5.91 Å². The maximum atomic E-state index is 11.6. The van der Waals surface area contributed by atoms with Crippen molar-refractivity contribution in [1.29, 1.82) is 0 Å². The van der Waals surface area contributed by atoms with E-state index in [0.717, 1.165) is 12.2 Å². The summed E-state index contributed by atoms with van der Waals surface area (Å²) in [7, 11) is 1.75. The van der Waals surface area contributed by atoms with E-state index in [-0.39, 0.29) is 5.91 Å². The second kappa shape index (κ2) is 6.06. The lowest BCUT2D eigenvalue weighted by atomic mass is 10.1. The van der Waals surface area contributed by atoms with Crippen molar-refractivity contribution in [2.24, 2.45) is 5.73 Å². The minimum atomic E-state index is -0.454. The molecule has 0 aromatic heterocycles. The molecule has 1 amide bonds. The van der Waals surface area contributed by atoms with Crippen molar-refractivity contribution in [2.45, 2.75) is 32.2 Å².